The molecule has 0 bridgehead atoms. The minimum absolute atomic E-state index is 0. The molecule has 13 heavy (non-hydrogen) atoms. The predicted octanol–water partition coefficient (Wildman–Crippen LogP) is 2.09. The summed E-state index contributed by atoms with van der Waals surface area (Å²) in [4.78, 5) is 0. The monoisotopic (exact) mass is 313 g/mol. The quantitative estimate of drug-likeness (QED) is 0.821. The molecule has 1 aromatic carbocycles. The number of hydrogen-bond acceptors (Lipinski definition) is 2. The highest BCUT2D eigenvalue weighted by atomic mass is 127. The lowest BCUT2D eigenvalue weighted by Gasteiger charge is -2.14. The van der Waals surface area contributed by atoms with E-state index in [1.807, 2.05) is 24.3 Å². The highest BCUT2D eigenvalue weighted by Gasteiger charge is 2.10. The third-order valence-electron chi connectivity index (χ3n) is 1.77. The van der Waals surface area contributed by atoms with Gasteiger partial charge in [-0.15, -0.1) is 12.4 Å². The molecule has 0 heterocycles. The average Bonchev–Trinajstić information content (AvgIpc) is 2.04. The molecule has 0 aliphatic carbocycles. The number of benzene rings is 1. The second kappa shape index (κ2) is 5.80. The van der Waals surface area contributed by atoms with Crippen LogP contribution in [0.25, 0.3) is 0 Å². The topological polar surface area (TPSA) is 46.2 Å². The summed E-state index contributed by atoms with van der Waals surface area (Å²) in [7, 11) is 0. The first-order chi connectivity index (χ1) is 5.61. The lowest BCUT2D eigenvalue weighted by Crippen LogP contribution is -2.22. The second-order valence-corrected chi connectivity index (χ2v) is 4.06. The first-order valence-electron chi connectivity index (χ1n) is 3.80. The van der Waals surface area contributed by atoms with Crippen molar-refractivity contribution in [3.8, 4) is 0 Å². The van der Waals surface area contributed by atoms with Crippen LogP contribution >= 0.6 is 35.0 Å². The number of hydrogen-bond donors (Lipinski definition) is 2. The summed E-state index contributed by atoms with van der Waals surface area (Å²) >= 11 is 2.23. The molecule has 2 nitrogen and oxygen atoms in total. The Kier molecular flexibility index (Phi) is 5.87. The second-order valence-electron chi connectivity index (χ2n) is 2.82. The van der Waals surface area contributed by atoms with Gasteiger partial charge in [0.2, 0.25) is 0 Å². The molecule has 74 valence electrons. The first kappa shape index (κ1) is 13.2. The maximum atomic E-state index is 9.22. The Hall–Kier alpha value is 0.160. The minimum Gasteiger partial charge on any atom is -0.391 e. The van der Waals surface area contributed by atoms with E-state index in [9.17, 15) is 5.11 Å². The zero-order valence-electron chi connectivity index (χ0n) is 7.27. The summed E-state index contributed by atoms with van der Waals surface area (Å²) in [5, 5.41) is 9.22. The highest BCUT2D eigenvalue weighted by Crippen LogP contribution is 2.15. The van der Waals surface area contributed by atoms with Crippen molar-refractivity contribution in [2.45, 2.75) is 19.1 Å². The number of aliphatic hydroxyl groups is 1. The van der Waals surface area contributed by atoms with E-state index in [2.05, 4.69) is 22.6 Å². The zero-order chi connectivity index (χ0) is 9.14. The van der Waals surface area contributed by atoms with Gasteiger partial charge in [0, 0.05) is 3.57 Å². The van der Waals surface area contributed by atoms with E-state index in [0.717, 1.165) is 5.56 Å². The van der Waals surface area contributed by atoms with Gasteiger partial charge in [0.1, 0.15) is 0 Å². The molecule has 1 rings (SSSR count). The maximum absolute atomic E-state index is 9.22. The highest BCUT2D eigenvalue weighted by molar-refractivity contribution is 14.1. The molecule has 0 amide bonds. The van der Waals surface area contributed by atoms with E-state index in [0.29, 0.717) is 0 Å². The smallest absolute Gasteiger partial charge is 0.0704 e. The lowest BCUT2D eigenvalue weighted by atomic mass is 10.0. The van der Waals surface area contributed by atoms with E-state index in [-0.39, 0.29) is 18.4 Å². The van der Waals surface area contributed by atoms with E-state index in [1.54, 1.807) is 6.92 Å². The third-order valence-corrected chi connectivity index (χ3v) is 2.49. The summed E-state index contributed by atoms with van der Waals surface area (Å²) in [5.74, 6) is 0. The lowest BCUT2D eigenvalue weighted by molar-refractivity contribution is 0.164. The van der Waals surface area contributed by atoms with Crippen LogP contribution in [0.3, 0.4) is 0 Å². The fourth-order valence-corrected chi connectivity index (χ4v) is 1.32. The van der Waals surface area contributed by atoms with E-state index < -0.39 is 6.10 Å². The normalized spacial score (nSPS) is 14.5. The summed E-state index contributed by atoms with van der Waals surface area (Å²) < 4.78 is 1.18. The fourth-order valence-electron chi connectivity index (χ4n) is 0.964. The van der Waals surface area contributed by atoms with Crippen molar-refractivity contribution in [1.82, 2.24) is 0 Å². The minimum atomic E-state index is -0.495. The number of halogens is 2. The van der Waals surface area contributed by atoms with Gasteiger partial charge >= 0.3 is 0 Å². The molecule has 0 aliphatic rings. The Bertz CT molecular complexity index is 250. The number of nitrogens with two attached hydrogens (primary N) is 1. The van der Waals surface area contributed by atoms with E-state index in [4.69, 9.17) is 5.73 Å². The van der Waals surface area contributed by atoms with Crippen LogP contribution in [0.1, 0.15) is 18.5 Å². The van der Waals surface area contributed by atoms with Crippen molar-refractivity contribution in [3.63, 3.8) is 0 Å². The van der Waals surface area contributed by atoms with Crippen molar-refractivity contribution in [1.29, 1.82) is 0 Å². The molecule has 4 heteroatoms. The van der Waals surface area contributed by atoms with Gasteiger partial charge in [-0.2, -0.15) is 0 Å². The summed E-state index contributed by atoms with van der Waals surface area (Å²) in [5.41, 5.74) is 6.71. The summed E-state index contributed by atoms with van der Waals surface area (Å²) in [6, 6.07) is 7.58. The Labute approximate surface area is 98.1 Å². The molecule has 0 fully saturated rings. The van der Waals surface area contributed by atoms with Crippen molar-refractivity contribution in [2.75, 3.05) is 0 Å². The van der Waals surface area contributed by atoms with Gasteiger partial charge in [0.15, 0.2) is 0 Å². The predicted molar refractivity (Wildman–Crippen MR) is 65.0 cm³/mol. The van der Waals surface area contributed by atoms with Crippen LogP contribution in [0.5, 0.6) is 0 Å². The molecular weight excluding hydrogens is 300 g/mol. The first-order valence-corrected chi connectivity index (χ1v) is 4.88. The molecule has 1 aromatic rings. The van der Waals surface area contributed by atoms with Crippen LogP contribution in [0.15, 0.2) is 24.3 Å². The molecule has 2 atom stereocenters. The van der Waals surface area contributed by atoms with Crippen LogP contribution < -0.4 is 5.73 Å². The SMILES string of the molecule is C[C@@H](O)[C@@H](N)c1ccc(I)cc1.Cl. The van der Waals surface area contributed by atoms with Crippen molar-refractivity contribution >= 4 is 35.0 Å². The van der Waals surface area contributed by atoms with Gasteiger partial charge in [0.05, 0.1) is 12.1 Å². The third kappa shape index (κ3) is 3.81. The standard InChI is InChI=1S/C9H12INO.ClH/c1-6(12)9(11)7-2-4-8(10)5-3-7;/h2-6,9,12H,11H2,1H3;1H/t6-,9-;/m1./s1. The molecule has 3 N–H and O–H groups in total. The number of rotatable bonds is 2. The largest absolute Gasteiger partial charge is 0.391 e. The van der Waals surface area contributed by atoms with Gasteiger partial charge < -0.3 is 10.8 Å². The fraction of sp³-hybridized carbons (Fsp3) is 0.333. The summed E-state index contributed by atoms with van der Waals surface area (Å²) in [6.07, 6.45) is -0.495. The Morgan fingerprint density at radius 3 is 2.15 bits per heavy atom. The van der Waals surface area contributed by atoms with Gasteiger partial charge in [0.25, 0.3) is 0 Å². The number of aliphatic hydroxyl groups excluding tert-OH is 1. The molecule has 0 saturated heterocycles. The Morgan fingerprint density at radius 1 is 1.31 bits per heavy atom. The zero-order valence-corrected chi connectivity index (χ0v) is 10.2. The maximum Gasteiger partial charge on any atom is 0.0704 e. The molecule has 0 spiro atoms. The van der Waals surface area contributed by atoms with Gasteiger partial charge in [-0.3, -0.25) is 0 Å². The van der Waals surface area contributed by atoms with E-state index >= 15 is 0 Å². The molecule has 0 radical (unpaired) electrons. The Morgan fingerprint density at radius 2 is 1.77 bits per heavy atom. The van der Waals surface area contributed by atoms with Crippen LogP contribution in [0.4, 0.5) is 0 Å². The molecule has 0 unspecified atom stereocenters. The summed E-state index contributed by atoms with van der Waals surface area (Å²) in [6.45, 7) is 1.70. The molecule has 0 aromatic heterocycles. The van der Waals surface area contributed by atoms with Crippen LogP contribution in [-0.4, -0.2) is 11.2 Å². The molecule has 0 aliphatic heterocycles. The van der Waals surface area contributed by atoms with E-state index in [1.165, 1.54) is 3.57 Å². The van der Waals surface area contributed by atoms with Crippen LogP contribution in [0, 0.1) is 3.57 Å². The van der Waals surface area contributed by atoms with Crippen molar-refractivity contribution in [2.24, 2.45) is 5.73 Å². The Balaban J connectivity index is 0.00000144. The molecular formula is C9H13ClINO. The van der Waals surface area contributed by atoms with Gasteiger partial charge in [-0.25, -0.2) is 0 Å². The molecule has 0 saturated carbocycles. The van der Waals surface area contributed by atoms with Crippen LogP contribution in [-0.2, 0) is 0 Å². The van der Waals surface area contributed by atoms with Crippen LogP contribution in [0.2, 0.25) is 0 Å². The van der Waals surface area contributed by atoms with Gasteiger partial charge in [-0.1, -0.05) is 12.1 Å². The van der Waals surface area contributed by atoms with Crippen molar-refractivity contribution in [3.05, 3.63) is 33.4 Å². The van der Waals surface area contributed by atoms with Crippen molar-refractivity contribution < 1.29 is 5.11 Å². The van der Waals surface area contributed by atoms with Gasteiger partial charge in [-0.05, 0) is 47.2 Å². The average molecular weight is 314 g/mol.